The number of H-pyrrole nitrogens is 1. The Labute approximate surface area is 336 Å². The lowest BCUT2D eigenvalue weighted by Crippen LogP contribution is -2.12. The molecule has 5 rings (SSSR count). The van der Waals surface area contributed by atoms with E-state index in [0.717, 1.165) is 22.9 Å². The van der Waals surface area contributed by atoms with Crippen LogP contribution in [0.5, 0.6) is 11.5 Å². The highest BCUT2D eigenvalue weighted by Gasteiger charge is 2.30. The number of phenols is 2. The number of hydrogen-bond acceptors (Lipinski definition) is 19. The Hall–Kier alpha value is -6.41. The number of aromatic amines is 1. The van der Waals surface area contributed by atoms with Gasteiger partial charge in [0.25, 0.3) is 51.7 Å². The number of nitro groups is 1. The Morgan fingerprint density at radius 3 is 1.50 bits per heavy atom. The van der Waals surface area contributed by atoms with Gasteiger partial charge in [0, 0.05) is 24.6 Å². The van der Waals surface area contributed by atoms with Crippen LogP contribution in [0.25, 0.3) is 10.8 Å². The molecular weight excluding hydrogens is 887 g/mol. The van der Waals surface area contributed by atoms with Gasteiger partial charge in [0.2, 0.25) is 0 Å². The van der Waals surface area contributed by atoms with E-state index in [1.165, 1.54) is 7.05 Å². The molecule has 0 saturated heterocycles. The molecule has 0 radical (unpaired) electrons. The second-order valence-corrected chi connectivity index (χ2v) is 18.8. The van der Waals surface area contributed by atoms with Crippen LogP contribution in [-0.4, -0.2) is 76.8 Å². The molecule has 60 heavy (non-hydrogen) atoms. The van der Waals surface area contributed by atoms with Crippen molar-refractivity contribution in [3.05, 3.63) is 74.7 Å². The maximum absolute atomic E-state index is 12.7. The van der Waals surface area contributed by atoms with Gasteiger partial charge < -0.3 is 10.2 Å². The largest absolute Gasteiger partial charge is 0.505 e. The van der Waals surface area contributed by atoms with Crippen LogP contribution in [0, 0.1) is 10.1 Å². The number of nitrogens with one attached hydrogen (secondary N) is 1. The van der Waals surface area contributed by atoms with E-state index >= 15 is 0 Å². The summed E-state index contributed by atoms with van der Waals surface area (Å²) in [6.45, 7) is 5.31. The fourth-order valence-corrected chi connectivity index (χ4v) is 7.88. The number of azo groups is 3. The van der Waals surface area contributed by atoms with Crippen molar-refractivity contribution >= 4 is 91.1 Å². The molecule has 0 spiro atoms. The Morgan fingerprint density at radius 1 is 0.633 bits per heavy atom. The summed E-state index contributed by atoms with van der Waals surface area (Å²) in [5.74, 6) is -2.88. The zero-order chi connectivity index (χ0) is 45.1. The molecule has 0 aliphatic carbocycles. The standard InChI is InChI=1S/C30H27N9O17S4/c1-30(2,3)28-25(29(42)38(4)37-28)36-31-14-5-7-16(18(11-14)57(45,46)47)32-34-23-20(59(51,52)53)9-13-10-21(60(54,55)56)24(27(41)22(13)26(23)40)35-33-17-8-6-15(39(43)44)12-19(17)58(48,49)50/h5-12,37,40-41H,1-4H3,(H,45,46,47)(H,48,49,50)(H,51,52,53)(H,54,55,56). The van der Waals surface area contributed by atoms with Gasteiger partial charge in [-0.05, 0) is 41.8 Å². The van der Waals surface area contributed by atoms with Gasteiger partial charge in [-0.2, -0.15) is 38.8 Å². The van der Waals surface area contributed by atoms with E-state index in [0.29, 0.717) is 36.0 Å². The molecule has 0 saturated carbocycles. The Morgan fingerprint density at radius 2 is 1.07 bits per heavy atom. The smallest absolute Gasteiger partial charge is 0.297 e. The number of fused-ring (bicyclic) bond motifs is 1. The molecule has 318 valence electrons. The van der Waals surface area contributed by atoms with Crippen molar-refractivity contribution in [2.75, 3.05) is 0 Å². The lowest BCUT2D eigenvalue weighted by atomic mass is 9.91. The Kier molecular flexibility index (Phi) is 11.4. The highest BCUT2D eigenvalue weighted by atomic mass is 32.2. The van der Waals surface area contributed by atoms with E-state index in [4.69, 9.17) is 0 Å². The van der Waals surface area contributed by atoms with E-state index in [-0.39, 0.29) is 11.4 Å². The molecule has 1 aromatic heterocycles. The maximum atomic E-state index is 12.7. The zero-order valence-corrected chi connectivity index (χ0v) is 33.8. The van der Waals surface area contributed by atoms with E-state index in [1.807, 2.05) is 0 Å². The van der Waals surface area contributed by atoms with Crippen LogP contribution in [0.4, 0.5) is 39.8 Å². The van der Waals surface area contributed by atoms with E-state index in [2.05, 4.69) is 35.8 Å². The number of aromatic hydroxyl groups is 2. The fourth-order valence-electron chi connectivity index (χ4n) is 5.28. The second kappa shape index (κ2) is 15.3. The third kappa shape index (κ3) is 9.08. The van der Waals surface area contributed by atoms with Crippen LogP contribution in [0.2, 0.25) is 0 Å². The fraction of sp³-hybridized carbons (Fsp3) is 0.167. The molecule has 0 amide bonds. The zero-order valence-electron chi connectivity index (χ0n) is 30.5. The number of aryl methyl sites for hydroxylation is 1. The summed E-state index contributed by atoms with van der Waals surface area (Å²) >= 11 is 0. The molecule has 0 fully saturated rings. The van der Waals surface area contributed by atoms with Crippen molar-refractivity contribution in [2.45, 2.75) is 45.8 Å². The summed E-state index contributed by atoms with van der Waals surface area (Å²) in [6, 6.07) is 5.21. The average Bonchev–Trinajstić information content (AvgIpc) is 3.40. The predicted octanol–water partition coefficient (Wildman–Crippen LogP) is 5.72. The van der Waals surface area contributed by atoms with Gasteiger partial charge in [0.1, 0.15) is 42.3 Å². The average molecular weight is 914 g/mol. The first-order chi connectivity index (χ1) is 27.4. The van der Waals surface area contributed by atoms with Crippen LogP contribution >= 0.6 is 0 Å². The number of phenolic OH excluding ortho intramolecular Hbond substituents is 2. The summed E-state index contributed by atoms with van der Waals surface area (Å²) in [5, 5.41) is 56.5. The second-order valence-electron chi connectivity index (χ2n) is 13.3. The van der Waals surface area contributed by atoms with Crippen molar-refractivity contribution in [2.24, 2.45) is 37.7 Å². The third-order valence-corrected chi connectivity index (χ3v) is 11.5. The third-order valence-electron chi connectivity index (χ3n) is 8.01. The molecule has 5 aromatic rings. The van der Waals surface area contributed by atoms with E-state index in [1.54, 1.807) is 20.8 Å². The van der Waals surface area contributed by atoms with Crippen LogP contribution in [-0.2, 0) is 52.9 Å². The number of benzene rings is 4. The molecule has 0 unspecified atom stereocenters. The molecular formula is C30H27N9O17S4. The Balaban J connectivity index is 1.72. The van der Waals surface area contributed by atoms with Gasteiger partial charge in [-0.15, -0.1) is 25.6 Å². The maximum Gasteiger partial charge on any atom is 0.297 e. The summed E-state index contributed by atoms with van der Waals surface area (Å²) < 4.78 is 139. The number of rotatable bonds is 11. The predicted molar refractivity (Wildman–Crippen MR) is 203 cm³/mol. The monoisotopic (exact) mass is 913 g/mol. The molecule has 26 nitrogen and oxygen atoms in total. The highest BCUT2D eigenvalue weighted by Crippen LogP contribution is 2.50. The minimum atomic E-state index is -5.50. The van der Waals surface area contributed by atoms with Gasteiger partial charge in [-0.25, -0.2) is 0 Å². The van der Waals surface area contributed by atoms with Crippen molar-refractivity contribution in [3.8, 4) is 11.5 Å². The summed E-state index contributed by atoms with van der Waals surface area (Å²) in [5.41, 5.74) is -6.26. The first kappa shape index (κ1) is 44.7. The quantitative estimate of drug-likeness (QED) is 0.0360. The van der Waals surface area contributed by atoms with Gasteiger partial charge in [0.15, 0.2) is 17.2 Å². The number of nitro benzene ring substituents is 1. The molecule has 0 bridgehead atoms. The number of nitrogens with zero attached hydrogens (tertiary/aromatic N) is 8. The minimum absolute atomic E-state index is 0.127. The summed E-state index contributed by atoms with van der Waals surface area (Å²) in [6.07, 6.45) is 0. The van der Waals surface area contributed by atoms with Gasteiger partial charge >= 0.3 is 0 Å². The normalized spacial score (nSPS) is 13.3. The summed E-state index contributed by atoms with van der Waals surface area (Å²) in [4.78, 5) is 17.8. The molecule has 7 N–H and O–H groups in total. The van der Waals surface area contributed by atoms with E-state index < -0.39 is 127 Å². The number of aromatic nitrogens is 2. The van der Waals surface area contributed by atoms with Crippen molar-refractivity contribution in [1.29, 1.82) is 0 Å². The van der Waals surface area contributed by atoms with Crippen molar-refractivity contribution in [1.82, 2.24) is 9.78 Å². The van der Waals surface area contributed by atoms with Crippen LogP contribution < -0.4 is 5.56 Å². The van der Waals surface area contributed by atoms with Gasteiger partial charge in [0.05, 0.1) is 21.7 Å². The molecule has 0 aliphatic heterocycles. The molecule has 0 aliphatic rings. The lowest BCUT2D eigenvalue weighted by molar-refractivity contribution is -0.385. The first-order valence-corrected chi connectivity index (χ1v) is 21.6. The van der Waals surface area contributed by atoms with E-state index in [9.17, 15) is 77.0 Å². The summed E-state index contributed by atoms with van der Waals surface area (Å²) in [7, 11) is -20.1. The molecule has 4 aromatic carbocycles. The SMILES string of the molecule is Cn1[nH]c(C(C)(C)C)c(N=Nc2ccc(N=Nc3c(S(=O)(=O)O)cc4cc(S(=O)(=O)O)c(N=Nc5ccc([N+](=O)[O-])cc5S(=O)(=O)O)c(O)c4c3O)c(S(=O)(=O)O)c2)c1=O. The Bertz CT molecular complexity index is 3280. The van der Waals surface area contributed by atoms with Crippen molar-refractivity contribution in [3.63, 3.8) is 0 Å². The molecule has 30 heteroatoms. The van der Waals surface area contributed by atoms with Crippen LogP contribution in [0.3, 0.4) is 0 Å². The molecule has 1 heterocycles. The number of hydrogen-bond donors (Lipinski definition) is 7. The van der Waals surface area contributed by atoms with Gasteiger partial charge in [-0.3, -0.25) is 42.9 Å². The van der Waals surface area contributed by atoms with Crippen LogP contribution in [0.15, 0.2) is 104 Å². The van der Waals surface area contributed by atoms with Gasteiger partial charge in [-0.1, -0.05) is 20.8 Å². The highest BCUT2D eigenvalue weighted by molar-refractivity contribution is 7.86. The molecule has 0 atom stereocenters. The minimum Gasteiger partial charge on any atom is -0.505 e. The van der Waals surface area contributed by atoms with Crippen molar-refractivity contribution < 1.29 is 67.0 Å². The first-order valence-electron chi connectivity index (χ1n) is 15.8. The van der Waals surface area contributed by atoms with Crippen LogP contribution in [0.1, 0.15) is 26.5 Å². The lowest BCUT2D eigenvalue weighted by Gasteiger charge is -2.16. The number of non-ortho nitro benzene ring substituents is 1. The topological polar surface area (TPSA) is 413 Å².